The van der Waals surface area contributed by atoms with Crippen molar-refractivity contribution in [1.82, 2.24) is 9.21 Å². The lowest BCUT2D eigenvalue weighted by molar-refractivity contribution is 0.0154. The van der Waals surface area contributed by atoms with Crippen molar-refractivity contribution in [3.05, 3.63) is 63.2 Å². The lowest BCUT2D eigenvalue weighted by atomic mass is 10.1. The van der Waals surface area contributed by atoms with Crippen molar-refractivity contribution in [3.63, 3.8) is 0 Å². The first-order valence-electron chi connectivity index (χ1n) is 11.2. The molecule has 1 saturated heterocycles. The van der Waals surface area contributed by atoms with Crippen molar-refractivity contribution >= 4 is 45.6 Å². The first-order chi connectivity index (χ1) is 16.1. The predicted molar refractivity (Wildman–Crippen MR) is 140 cm³/mol. The van der Waals surface area contributed by atoms with Gasteiger partial charge in [0.15, 0.2) is 0 Å². The molecule has 2 aromatic carbocycles. The summed E-state index contributed by atoms with van der Waals surface area (Å²) in [6, 6.07) is 14.6. The van der Waals surface area contributed by atoms with E-state index in [1.54, 1.807) is 17.0 Å². The van der Waals surface area contributed by atoms with Crippen molar-refractivity contribution in [2.75, 3.05) is 20.2 Å². The van der Waals surface area contributed by atoms with E-state index in [2.05, 4.69) is 22.6 Å². The van der Waals surface area contributed by atoms with Gasteiger partial charge in [0.2, 0.25) is 0 Å². The van der Waals surface area contributed by atoms with Gasteiger partial charge in [0, 0.05) is 29.2 Å². The number of hydrogen-bond donors (Lipinski definition) is 0. The van der Waals surface area contributed by atoms with Crippen LogP contribution in [0.15, 0.2) is 53.4 Å². The molecule has 2 unspecified atom stereocenters. The number of rotatable bonds is 6. The highest BCUT2D eigenvalue weighted by atomic mass is 127. The molecule has 2 atom stereocenters. The Morgan fingerprint density at radius 1 is 1.12 bits per heavy atom. The highest BCUT2D eigenvalue weighted by Gasteiger charge is 2.33. The van der Waals surface area contributed by atoms with Crippen LogP contribution in [0.3, 0.4) is 0 Å². The molecule has 1 aliphatic rings. The molecule has 184 valence electrons. The Morgan fingerprint density at radius 2 is 1.76 bits per heavy atom. The number of amides is 1. The molecule has 0 aromatic heterocycles. The van der Waals surface area contributed by atoms with E-state index in [0.717, 1.165) is 22.0 Å². The first-order valence-corrected chi connectivity index (χ1v) is 13.3. The van der Waals surface area contributed by atoms with Crippen molar-refractivity contribution in [2.24, 2.45) is 0 Å². The molecule has 0 saturated carbocycles. The second kappa shape index (κ2) is 11.6. The van der Waals surface area contributed by atoms with Crippen molar-refractivity contribution in [1.29, 1.82) is 0 Å². The third-order valence-electron chi connectivity index (χ3n) is 5.40. The minimum absolute atomic E-state index is 0.110. The normalized spacial score (nSPS) is 17.4. The summed E-state index contributed by atoms with van der Waals surface area (Å²) in [5.74, 6) is -0.397. The lowest BCUT2D eigenvalue weighted by Gasteiger charge is -2.39. The lowest BCUT2D eigenvalue weighted by Crippen LogP contribution is -2.51. The molecule has 0 N–H and O–H groups in total. The van der Waals surface area contributed by atoms with Gasteiger partial charge in [-0.1, -0.05) is 12.1 Å². The number of halogens is 1. The van der Waals surface area contributed by atoms with Gasteiger partial charge in [-0.15, -0.1) is 0 Å². The molecule has 34 heavy (non-hydrogen) atoms. The van der Waals surface area contributed by atoms with Crippen LogP contribution in [0.2, 0.25) is 0 Å². The quantitative estimate of drug-likeness (QED) is 0.346. The molecule has 1 amide bonds. The largest absolute Gasteiger partial charge is 0.465 e. The van der Waals surface area contributed by atoms with E-state index >= 15 is 0 Å². The molecule has 0 spiro atoms. The number of benzene rings is 2. The van der Waals surface area contributed by atoms with Crippen LogP contribution in [0.4, 0.5) is 4.79 Å². The molecule has 0 radical (unpaired) electrons. The Labute approximate surface area is 217 Å². The minimum atomic E-state index is -1.43. The summed E-state index contributed by atoms with van der Waals surface area (Å²) in [5.41, 5.74) is 0.806. The van der Waals surface area contributed by atoms with Gasteiger partial charge in [0.1, 0.15) is 16.6 Å². The maximum atomic E-state index is 13.7. The van der Waals surface area contributed by atoms with Crippen molar-refractivity contribution in [3.8, 4) is 0 Å². The molecule has 0 aliphatic carbocycles. The Kier molecular flexibility index (Phi) is 9.11. The van der Waals surface area contributed by atoms with Gasteiger partial charge < -0.3 is 14.4 Å². The molecule has 1 fully saturated rings. The molecule has 7 nitrogen and oxygen atoms in total. The topological polar surface area (TPSA) is 76.2 Å². The summed E-state index contributed by atoms with van der Waals surface area (Å²) in [6.45, 7) is 7.01. The third-order valence-corrected chi connectivity index (χ3v) is 7.65. The molecule has 2 aromatic rings. The summed E-state index contributed by atoms with van der Waals surface area (Å²) in [4.78, 5) is 26.9. The summed E-state index contributed by atoms with van der Waals surface area (Å²) in [7, 11) is -0.0820. The van der Waals surface area contributed by atoms with Crippen LogP contribution in [0.1, 0.15) is 49.5 Å². The first kappa shape index (κ1) is 26.6. The molecule has 9 heteroatoms. The Morgan fingerprint density at radius 3 is 2.35 bits per heavy atom. The zero-order valence-corrected chi connectivity index (χ0v) is 22.9. The Bertz CT molecular complexity index is 1020. The summed E-state index contributed by atoms with van der Waals surface area (Å²) >= 11 is 2.22. The van der Waals surface area contributed by atoms with Gasteiger partial charge in [0.05, 0.1) is 17.6 Å². The van der Waals surface area contributed by atoms with Crippen LogP contribution in [-0.2, 0) is 27.0 Å². The van der Waals surface area contributed by atoms with E-state index in [0.29, 0.717) is 30.1 Å². The van der Waals surface area contributed by atoms with E-state index in [9.17, 15) is 13.8 Å². The zero-order valence-electron chi connectivity index (χ0n) is 20.0. The maximum absolute atomic E-state index is 13.7. The number of methoxy groups -OCH3 is 1. The van der Waals surface area contributed by atoms with Gasteiger partial charge in [-0.05, 0) is 98.2 Å². The number of carbonyl (C=O) groups is 2. The van der Waals surface area contributed by atoms with Crippen LogP contribution < -0.4 is 0 Å². The molecule has 1 heterocycles. The number of carbonyl (C=O) groups excluding carboxylic acids is 2. The van der Waals surface area contributed by atoms with E-state index in [4.69, 9.17) is 9.47 Å². The fraction of sp³-hybridized carbons (Fsp3) is 0.440. The molecular weight excluding hydrogens is 567 g/mol. The van der Waals surface area contributed by atoms with E-state index in [1.807, 2.05) is 61.5 Å². The third kappa shape index (κ3) is 7.26. The van der Waals surface area contributed by atoms with Crippen LogP contribution >= 0.6 is 22.6 Å². The van der Waals surface area contributed by atoms with Gasteiger partial charge in [-0.3, -0.25) is 0 Å². The number of nitrogens with zero attached hydrogens (tertiary/aromatic N) is 2. The highest BCUT2D eigenvalue weighted by molar-refractivity contribution is 14.1. The Balaban J connectivity index is 1.85. The fourth-order valence-corrected chi connectivity index (χ4v) is 5.44. The second-order valence-corrected chi connectivity index (χ2v) is 11.9. The van der Waals surface area contributed by atoms with Gasteiger partial charge in [0.25, 0.3) is 0 Å². The monoisotopic (exact) mass is 598 g/mol. The number of esters is 1. The summed E-state index contributed by atoms with van der Waals surface area (Å²) in [6.07, 6.45) is 1.26. The standard InChI is InChI=1S/C25H31IN2O5S/c1-25(2,3)33-24(30)27-15-5-6-21(17-27)28(34(31)22-13-11-20(26)12-14-22)16-18-7-9-19(10-8-18)23(29)32-4/h7-14,21H,5-6,15-17H2,1-4H3. The van der Waals surface area contributed by atoms with Crippen molar-refractivity contribution in [2.45, 2.75) is 56.7 Å². The van der Waals surface area contributed by atoms with Gasteiger partial charge in [-0.2, -0.15) is 0 Å². The average Bonchev–Trinajstić information content (AvgIpc) is 2.81. The smallest absolute Gasteiger partial charge is 0.410 e. The van der Waals surface area contributed by atoms with Crippen LogP contribution in [-0.4, -0.2) is 57.3 Å². The van der Waals surface area contributed by atoms with E-state index in [-0.39, 0.29) is 12.1 Å². The SMILES string of the molecule is COC(=O)c1ccc(CN(C2CCCN(C(=O)OC(C)(C)C)C2)S(=O)c2ccc(I)cc2)cc1. The highest BCUT2D eigenvalue weighted by Crippen LogP contribution is 2.25. The Hall–Kier alpha value is -1.98. The zero-order chi connectivity index (χ0) is 24.9. The fourth-order valence-electron chi connectivity index (χ4n) is 3.74. The maximum Gasteiger partial charge on any atom is 0.410 e. The van der Waals surface area contributed by atoms with Crippen LogP contribution in [0, 0.1) is 3.57 Å². The van der Waals surface area contributed by atoms with Crippen LogP contribution in [0.25, 0.3) is 0 Å². The molecule has 3 rings (SSSR count). The van der Waals surface area contributed by atoms with E-state index < -0.39 is 22.6 Å². The summed E-state index contributed by atoms with van der Waals surface area (Å²) in [5, 5.41) is 0. The summed E-state index contributed by atoms with van der Waals surface area (Å²) < 4.78 is 27.1. The molecule has 1 aliphatic heterocycles. The minimum Gasteiger partial charge on any atom is -0.465 e. The van der Waals surface area contributed by atoms with Gasteiger partial charge in [-0.25, -0.2) is 18.1 Å². The number of ether oxygens (including phenoxy) is 2. The second-order valence-electron chi connectivity index (χ2n) is 9.19. The molecule has 0 bridgehead atoms. The van der Waals surface area contributed by atoms with Crippen molar-refractivity contribution < 1.29 is 23.3 Å². The number of piperidine rings is 1. The molecular formula is C25H31IN2O5S. The number of likely N-dealkylation sites (tertiary alicyclic amines) is 1. The van der Waals surface area contributed by atoms with E-state index in [1.165, 1.54) is 7.11 Å². The predicted octanol–water partition coefficient (Wildman–Crippen LogP) is 5.00. The van der Waals surface area contributed by atoms with Gasteiger partial charge >= 0.3 is 12.1 Å². The number of hydrogen-bond acceptors (Lipinski definition) is 5. The average molecular weight is 599 g/mol. The van der Waals surface area contributed by atoms with Crippen LogP contribution in [0.5, 0.6) is 0 Å².